The number of amides is 2. The van der Waals surface area contributed by atoms with Gasteiger partial charge < -0.3 is 11.5 Å². The smallest absolute Gasteiger partial charge is 0.249 e. The Kier molecular flexibility index (Phi) is 2.67. The van der Waals surface area contributed by atoms with Gasteiger partial charge in [-0.2, -0.15) is 0 Å². The van der Waals surface area contributed by atoms with E-state index in [1.54, 1.807) is 12.1 Å². The Morgan fingerprint density at radius 3 is 2.14 bits per heavy atom. The first-order valence-electron chi connectivity index (χ1n) is 3.92. The number of rotatable bonds is 3. The first kappa shape index (κ1) is 9.98. The maximum atomic E-state index is 11.0. The Labute approximate surface area is 81.2 Å². The number of hydrogen-bond acceptors (Lipinski definition) is 2. The molecule has 0 atom stereocenters. The van der Waals surface area contributed by atoms with Crippen molar-refractivity contribution in [2.24, 2.45) is 11.5 Å². The van der Waals surface area contributed by atoms with Crippen LogP contribution in [0.1, 0.15) is 26.3 Å². The number of primary amides is 2. The monoisotopic (exact) mass is 190 g/mol. The predicted molar refractivity (Wildman–Crippen MR) is 53.6 cm³/mol. The fraction of sp³-hybridized carbons (Fsp3) is 0. The summed E-state index contributed by atoms with van der Waals surface area (Å²) in [5.74, 6) is -1.35. The van der Waals surface area contributed by atoms with Crippen LogP contribution in [0, 0.1) is 0 Å². The summed E-state index contributed by atoms with van der Waals surface area (Å²) < 4.78 is 0. The zero-order chi connectivity index (χ0) is 10.7. The van der Waals surface area contributed by atoms with Crippen molar-refractivity contribution >= 4 is 17.9 Å². The summed E-state index contributed by atoms with van der Waals surface area (Å²) in [6.07, 6.45) is 1.55. The molecule has 0 aliphatic carbocycles. The van der Waals surface area contributed by atoms with Crippen LogP contribution in [0.2, 0.25) is 0 Å². The van der Waals surface area contributed by atoms with E-state index in [0.29, 0.717) is 5.56 Å². The van der Waals surface area contributed by atoms with E-state index in [-0.39, 0.29) is 11.1 Å². The van der Waals surface area contributed by atoms with Crippen LogP contribution in [0.25, 0.3) is 6.08 Å². The Morgan fingerprint density at radius 1 is 1.14 bits per heavy atom. The molecule has 0 saturated carbocycles. The van der Waals surface area contributed by atoms with Crippen molar-refractivity contribution in [3.8, 4) is 0 Å². The van der Waals surface area contributed by atoms with E-state index in [0.717, 1.165) is 0 Å². The Bertz CT molecular complexity index is 411. The molecule has 0 heterocycles. The molecule has 0 unspecified atom stereocenters. The molecule has 0 aliphatic rings. The molecule has 0 aliphatic heterocycles. The van der Waals surface area contributed by atoms with Crippen LogP contribution in [0.4, 0.5) is 0 Å². The molecule has 14 heavy (non-hydrogen) atoms. The van der Waals surface area contributed by atoms with E-state index < -0.39 is 11.8 Å². The van der Waals surface area contributed by atoms with Crippen LogP contribution in [-0.4, -0.2) is 11.8 Å². The molecule has 1 rings (SSSR count). The van der Waals surface area contributed by atoms with Crippen molar-refractivity contribution < 1.29 is 9.59 Å². The Morgan fingerprint density at radius 2 is 1.71 bits per heavy atom. The first-order valence-corrected chi connectivity index (χ1v) is 3.92. The van der Waals surface area contributed by atoms with Crippen molar-refractivity contribution in [1.29, 1.82) is 0 Å². The SMILES string of the molecule is C=Cc1ccc(C(N)=O)c(C(N)=O)c1. The highest BCUT2D eigenvalue weighted by atomic mass is 16.2. The molecular formula is C10H10N2O2. The largest absolute Gasteiger partial charge is 0.366 e. The lowest BCUT2D eigenvalue weighted by Gasteiger charge is -2.03. The quantitative estimate of drug-likeness (QED) is 0.728. The summed E-state index contributed by atoms with van der Waals surface area (Å²) in [6.45, 7) is 3.54. The molecule has 0 bridgehead atoms. The van der Waals surface area contributed by atoms with E-state index in [1.165, 1.54) is 12.1 Å². The van der Waals surface area contributed by atoms with Gasteiger partial charge in [0, 0.05) is 0 Å². The zero-order valence-corrected chi connectivity index (χ0v) is 7.49. The number of benzene rings is 1. The lowest BCUT2D eigenvalue weighted by Crippen LogP contribution is -2.20. The third-order valence-electron chi connectivity index (χ3n) is 1.81. The number of hydrogen-bond donors (Lipinski definition) is 2. The minimum absolute atomic E-state index is 0.120. The molecule has 0 fully saturated rings. The molecule has 0 radical (unpaired) electrons. The van der Waals surface area contributed by atoms with Crippen LogP contribution in [0.5, 0.6) is 0 Å². The van der Waals surface area contributed by atoms with Crippen molar-refractivity contribution in [2.45, 2.75) is 0 Å². The second kappa shape index (κ2) is 3.74. The van der Waals surface area contributed by atoms with Gasteiger partial charge in [0.2, 0.25) is 11.8 Å². The highest BCUT2D eigenvalue weighted by molar-refractivity contribution is 6.06. The van der Waals surface area contributed by atoms with Crippen LogP contribution in [0.15, 0.2) is 24.8 Å². The lowest BCUT2D eigenvalue weighted by atomic mass is 10.0. The third-order valence-corrected chi connectivity index (χ3v) is 1.81. The zero-order valence-electron chi connectivity index (χ0n) is 7.49. The van der Waals surface area contributed by atoms with Gasteiger partial charge in [0.15, 0.2) is 0 Å². The van der Waals surface area contributed by atoms with Crippen molar-refractivity contribution in [3.05, 3.63) is 41.5 Å². The van der Waals surface area contributed by atoms with Gasteiger partial charge in [-0.05, 0) is 17.7 Å². The summed E-state index contributed by atoms with van der Waals surface area (Å²) >= 11 is 0. The summed E-state index contributed by atoms with van der Waals surface area (Å²) in [4.78, 5) is 21.9. The number of carbonyl (C=O) groups excluding carboxylic acids is 2. The second-order valence-electron chi connectivity index (χ2n) is 2.74. The van der Waals surface area contributed by atoms with Gasteiger partial charge in [0.05, 0.1) is 11.1 Å². The highest BCUT2D eigenvalue weighted by Gasteiger charge is 2.12. The number of nitrogens with two attached hydrogens (primary N) is 2. The molecule has 4 heteroatoms. The fourth-order valence-corrected chi connectivity index (χ4v) is 1.11. The molecule has 0 spiro atoms. The van der Waals surface area contributed by atoms with Gasteiger partial charge in [-0.1, -0.05) is 18.7 Å². The standard InChI is InChI=1S/C10H10N2O2/c1-2-6-3-4-7(9(11)13)8(5-6)10(12)14/h2-5H,1H2,(H2,11,13)(H2,12,14). The predicted octanol–water partition coefficient (Wildman–Crippen LogP) is 0.527. The fourth-order valence-electron chi connectivity index (χ4n) is 1.11. The molecule has 4 N–H and O–H groups in total. The minimum atomic E-state index is -0.678. The normalized spacial score (nSPS) is 9.43. The van der Waals surface area contributed by atoms with E-state index >= 15 is 0 Å². The van der Waals surface area contributed by atoms with Crippen molar-refractivity contribution in [2.75, 3.05) is 0 Å². The molecule has 72 valence electrons. The molecule has 1 aromatic carbocycles. The van der Waals surface area contributed by atoms with Crippen LogP contribution in [0.3, 0.4) is 0 Å². The summed E-state index contributed by atoms with van der Waals surface area (Å²) in [5, 5.41) is 0. The summed E-state index contributed by atoms with van der Waals surface area (Å²) in [7, 11) is 0. The summed E-state index contributed by atoms with van der Waals surface area (Å²) in [5.41, 5.74) is 11.1. The second-order valence-corrected chi connectivity index (χ2v) is 2.74. The molecule has 1 aromatic rings. The molecule has 0 aromatic heterocycles. The van der Waals surface area contributed by atoms with E-state index in [1.807, 2.05) is 0 Å². The third kappa shape index (κ3) is 1.80. The first-order chi connectivity index (χ1) is 6.56. The Balaban J connectivity index is 3.38. The van der Waals surface area contributed by atoms with Gasteiger partial charge in [-0.3, -0.25) is 9.59 Å². The maximum Gasteiger partial charge on any atom is 0.249 e. The van der Waals surface area contributed by atoms with Crippen molar-refractivity contribution in [3.63, 3.8) is 0 Å². The molecule has 0 saturated heterocycles. The molecule has 4 nitrogen and oxygen atoms in total. The van der Waals surface area contributed by atoms with Gasteiger partial charge in [-0.25, -0.2) is 0 Å². The summed E-state index contributed by atoms with van der Waals surface area (Å²) in [6, 6.07) is 4.58. The maximum absolute atomic E-state index is 11.0. The molecule has 2 amide bonds. The number of carbonyl (C=O) groups is 2. The van der Waals surface area contributed by atoms with Crippen LogP contribution < -0.4 is 11.5 Å². The highest BCUT2D eigenvalue weighted by Crippen LogP contribution is 2.12. The van der Waals surface area contributed by atoms with E-state index in [2.05, 4.69) is 6.58 Å². The van der Waals surface area contributed by atoms with Gasteiger partial charge in [0.1, 0.15) is 0 Å². The van der Waals surface area contributed by atoms with Crippen LogP contribution >= 0.6 is 0 Å². The Hall–Kier alpha value is -2.10. The van der Waals surface area contributed by atoms with Crippen molar-refractivity contribution in [1.82, 2.24) is 0 Å². The van der Waals surface area contributed by atoms with E-state index in [9.17, 15) is 9.59 Å². The minimum Gasteiger partial charge on any atom is -0.366 e. The van der Waals surface area contributed by atoms with Gasteiger partial charge >= 0.3 is 0 Å². The average molecular weight is 190 g/mol. The molecular weight excluding hydrogens is 180 g/mol. The van der Waals surface area contributed by atoms with Gasteiger partial charge in [0.25, 0.3) is 0 Å². The lowest BCUT2D eigenvalue weighted by molar-refractivity contribution is 0.0967. The average Bonchev–Trinajstić information content (AvgIpc) is 2.16. The topological polar surface area (TPSA) is 86.2 Å². The van der Waals surface area contributed by atoms with E-state index in [4.69, 9.17) is 11.5 Å². The van der Waals surface area contributed by atoms with Gasteiger partial charge in [-0.15, -0.1) is 0 Å². The van der Waals surface area contributed by atoms with Crippen LogP contribution in [-0.2, 0) is 0 Å².